The number of carbonyl (C=O) groups excluding carboxylic acids is 2. The van der Waals surface area contributed by atoms with E-state index in [4.69, 9.17) is 0 Å². The number of amides is 2. The van der Waals surface area contributed by atoms with Crippen LogP contribution in [0.25, 0.3) is 0 Å². The number of benzene rings is 1. The summed E-state index contributed by atoms with van der Waals surface area (Å²) in [7, 11) is 0. The molecule has 2 rings (SSSR count). The lowest BCUT2D eigenvalue weighted by molar-refractivity contribution is -0.116. The van der Waals surface area contributed by atoms with Crippen molar-refractivity contribution in [3.8, 4) is 0 Å². The first-order chi connectivity index (χ1) is 9.52. The van der Waals surface area contributed by atoms with E-state index >= 15 is 0 Å². The molecular formula is C16H22N2O2. The maximum absolute atomic E-state index is 12.2. The molecule has 0 bridgehead atoms. The van der Waals surface area contributed by atoms with Crippen LogP contribution in [-0.4, -0.2) is 24.4 Å². The van der Waals surface area contributed by atoms with Crippen molar-refractivity contribution in [3.63, 3.8) is 0 Å². The molecule has 0 radical (unpaired) electrons. The van der Waals surface area contributed by atoms with Gasteiger partial charge in [0.1, 0.15) is 0 Å². The van der Waals surface area contributed by atoms with E-state index in [9.17, 15) is 9.59 Å². The summed E-state index contributed by atoms with van der Waals surface area (Å²) in [6, 6.07) is 5.78. The molecule has 0 saturated carbocycles. The van der Waals surface area contributed by atoms with Gasteiger partial charge in [-0.2, -0.15) is 0 Å². The fourth-order valence-corrected chi connectivity index (χ4v) is 2.68. The van der Waals surface area contributed by atoms with E-state index in [0.717, 1.165) is 30.5 Å². The van der Waals surface area contributed by atoms with Gasteiger partial charge in [-0.1, -0.05) is 13.3 Å². The van der Waals surface area contributed by atoms with Crippen LogP contribution in [0.15, 0.2) is 18.2 Å². The molecule has 1 unspecified atom stereocenters. The number of nitrogens with zero attached hydrogens (tertiary/aromatic N) is 1. The molecule has 1 heterocycles. The zero-order valence-corrected chi connectivity index (χ0v) is 12.4. The fraction of sp³-hybridized carbons (Fsp3) is 0.500. The molecule has 0 aromatic heterocycles. The van der Waals surface area contributed by atoms with Crippen molar-refractivity contribution < 1.29 is 9.59 Å². The van der Waals surface area contributed by atoms with Crippen LogP contribution in [-0.2, 0) is 11.2 Å². The van der Waals surface area contributed by atoms with Gasteiger partial charge in [0, 0.05) is 30.8 Å². The molecule has 0 fully saturated rings. The lowest BCUT2D eigenvalue weighted by Crippen LogP contribution is -2.32. The molecule has 0 saturated heterocycles. The number of hydrogen-bond acceptors (Lipinski definition) is 2. The smallest absolute Gasteiger partial charge is 0.251 e. The molecule has 1 aromatic rings. The second-order valence-electron chi connectivity index (χ2n) is 5.43. The minimum absolute atomic E-state index is 0.0324. The summed E-state index contributed by atoms with van der Waals surface area (Å²) < 4.78 is 0. The van der Waals surface area contributed by atoms with Crippen molar-refractivity contribution in [2.75, 3.05) is 11.4 Å². The predicted molar refractivity (Wildman–Crippen MR) is 80.0 cm³/mol. The number of fused-ring (bicyclic) bond motifs is 1. The Kier molecular flexibility index (Phi) is 4.42. The highest BCUT2D eigenvalue weighted by molar-refractivity contribution is 5.97. The Labute approximate surface area is 120 Å². The van der Waals surface area contributed by atoms with Crippen molar-refractivity contribution in [1.29, 1.82) is 0 Å². The molecule has 4 nitrogen and oxygen atoms in total. The van der Waals surface area contributed by atoms with E-state index in [0.29, 0.717) is 12.1 Å². The normalized spacial score (nSPS) is 14.8. The zero-order chi connectivity index (χ0) is 14.7. The van der Waals surface area contributed by atoms with Gasteiger partial charge in [-0.3, -0.25) is 9.59 Å². The van der Waals surface area contributed by atoms with E-state index < -0.39 is 0 Å². The Morgan fingerprint density at radius 1 is 1.40 bits per heavy atom. The van der Waals surface area contributed by atoms with Gasteiger partial charge in [-0.05, 0) is 43.5 Å². The second-order valence-corrected chi connectivity index (χ2v) is 5.43. The van der Waals surface area contributed by atoms with Gasteiger partial charge >= 0.3 is 0 Å². The van der Waals surface area contributed by atoms with Gasteiger partial charge in [0.25, 0.3) is 5.91 Å². The summed E-state index contributed by atoms with van der Waals surface area (Å²) in [5, 5.41) is 3.00. The number of anilines is 1. The molecule has 0 aliphatic carbocycles. The van der Waals surface area contributed by atoms with Gasteiger partial charge in [0.15, 0.2) is 0 Å². The lowest BCUT2D eigenvalue weighted by Gasteiger charge is -2.16. The van der Waals surface area contributed by atoms with Crippen LogP contribution in [0.1, 0.15) is 49.5 Å². The van der Waals surface area contributed by atoms with Crippen LogP contribution < -0.4 is 10.2 Å². The van der Waals surface area contributed by atoms with Gasteiger partial charge < -0.3 is 10.2 Å². The minimum atomic E-state index is -0.0324. The van der Waals surface area contributed by atoms with Gasteiger partial charge in [-0.25, -0.2) is 0 Å². The van der Waals surface area contributed by atoms with Crippen molar-refractivity contribution >= 4 is 17.5 Å². The van der Waals surface area contributed by atoms with E-state index in [1.807, 2.05) is 19.1 Å². The number of carbonyl (C=O) groups is 2. The summed E-state index contributed by atoms with van der Waals surface area (Å²) in [6.45, 7) is 6.41. The van der Waals surface area contributed by atoms with Crippen molar-refractivity contribution in [3.05, 3.63) is 29.3 Å². The second kappa shape index (κ2) is 6.07. The molecule has 1 N–H and O–H groups in total. The van der Waals surface area contributed by atoms with E-state index in [2.05, 4.69) is 12.2 Å². The molecule has 1 aromatic carbocycles. The number of rotatable bonds is 4. The minimum Gasteiger partial charge on any atom is -0.350 e. The topological polar surface area (TPSA) is 49.4 Å². The molecule has 2 amide bonds. The first-order valence-electron chi connectivity index (χ1n) is 7.24. The third-order valence-electron chi connectivity index (χ3n) is 3.72. The third kappa shape index (κ3) is 3.00. The Bertz CT molecular complexity index is 525. The summed E-state index contributed by atoms with van der Waals surface area (Å²) in [6.07, 6.45) is 2.86. The summed E-state index contributed by atoms with van der Waals surface area (Å²) in [5.41, 5.74) is 2.70. The summed E-state index contributed by atoms with van der Waals surface area (Å²) in [4.78, 5) is 25.4. The molecular weight excluding hydrogens is 252 g/mol. The Morgan fingerprint density at radius 2 is 2.15 bits per heavy atom. The zero-order valence-electron chi connectivity index (χ0n) is 12.4. The molecule has 1 atom stereocenters. The van der Waals surface area contributed by atoms with Crippen LogP contribution in [0.5, 0.6) is 0 Å². The summed E-state index contributed by atoms with van der Waals surface area (Å²) >= 11 is 0. The predicted octanol–water partition coefficient (Wildman–Crippen LogP) is 2.51. The highest BCUT2D eigenvalue weighted by Crippen LogP contribution is 2.28. The third-order valence-corrected chi connectivity index (χ3v) is 3.72. The fourth-order valence-electron chi connectivity index (χ4n) is 2.68. The molecule has 108 valence electrons. The van der Waals surface area contributed by atoms with Crippen LogP contribution in [0, 0.1) is 0 Å². The molecule has 4 heteroatoms. The monoisotopic (exact) mass is 274 g/mol. The quantitative estimate of drug-likeness (QED) is 0.917. The van der Waals surface area contributed by atoms with Crippen LogP contribution >= 0.6 is 0 Å². The standard InChI is InChI=1S/C16H22N2O2/c1-4-5-11(2)17-16(20)14-6-7-15-13(10-14)8-9-18(15)12(3)19/h6-7,10-11H,4-5,8-9H2,1-3H3,(H,17,20). The number of hydrogen-bond donors (Lipinski definition) is 1. The van der Waals surface area contributed by atoms with E-state index in [1.54, 1.807) is 17.9 Å². The maximum atomic E-state index is 12.2. The molecule has 1 aliphatic rings. The van der Waals surface area contributed by atoms with E-state index in [-0.39, 0.29) is 17.9 Å². The van der Waals surface area contributed by atoms with Crippen molar-refractivity contribution in [2.45, 2.75) is 46.1 Å². The highest BCUT2D eigenvalue weighted by Gasteiger charge is 2.23. The van der Waals surface area contributed by atoms with Crippen LogP contribution in [0.3, 0.4) is 0 Å². The Morgan fingerprint density at radius 3 is 2.80 bits per heavy atom. The molecule has 1 aliphatic heterocycles. The maximum Gasteiger partial charge on any atom is 0.251 e. The van der Waals surface area contributed by atoms with Crippen molar-refractivity contribution in [1.82, 2.24) is 5.32 Å². The Balaban J connectivity index is 2.12. The largest absolute Gasteiger partial charge is 0.350 e. The average Bonchev–Trinajstić information content (AvgIpc) is 2.81. The SMILES string of the molecule is CCCC(C)NC(=O)c1ccc2c(c1)CCN2C(C)=O. The van der Waals surface area contributed by atoms with Crippen LogP contribution in [0.2, 0.25) is 0 Å². The lowest BCUT2D eigenvalue weighted by atomic mass is 10.1. The van der Waals surface area contributed by atoms with Gasteiger partial charge in [0.2, 0.25) is 5.91 Å². The number of nitrogens with one attached hydrogen (secondary N) is 1. The van der Waals surface area contributed by atoms with Gasteiger partial charge in [-0.15, -0.1) is 0 Å². The molecule has 20 heavy (non-hydrogen) atoms. The first kappa shape index (κ1) is 14.6. The highest BCUT2D eigenvalue weighted by atomic mass is 16.2. The average molecular weight is 274 g/mol. The van der Waals surface area contributed by atoms with Gasteiger partial charge in [0.05, 0.1) is 0 Å². The first-order valence-corrected chi connectivity index (χ1v) is 7.24. The van der Waals surface area contributed by atoms with E-state index in [1.165, 1.54) is 0 Å². The molecule has 0 spiro atoms. The van der Waals surface area contributed by atoms with Crippen LogP contribution in [0.4, 0.5) is 5.69 Å². The Hall–Kier alpha value is -1.84. The van der Waals surface area contributed by atoms with Crippen molar-refractivity contribution in [2.24, 2.45) is 0 Å². The summed E-state index contributed by atoms with van der Waals surface area (Å²) in [5.74, 6) is 0.0209.